The van der Waals surface area contributed by atoms with Gasteiger partial charge in [-0.1, -0.05) is 43.2 Å². The van der Waals surface area contributed by atoms with Gasteiger partial charge in [-0.3, -0.25) is 4.79 Å². The molecule has 17 heavy (non-hydrogen) atoms. The van der Waals surface area contributed by atoms with E-state index >= 15 is 0 Å². The summed E-state index contributed by atoms with van der Waals surface area (Å²) in [4.78, 5) is 11.5. The summed E-state index contributed by atoms with van der Waals surface area (Å²) in [6.45, 7) is 0.698. The smallest absolute Gasteiger partial charge is 0.320 e. The van der Waals surface area contributed by atoms with Crippen LogP contribution in [0.4, 0.5) is 0 Å². The predicted molar refractivity (Wildman–Crippen MR) is 66.5 cm³/mol. The maximum atomic E-state index is 11.5. The molecular formula is C14H19NO2. The zero-order valence-corrected chi connectivity index (χ0v) is 10.0. The topological polar surface area (TPSA) is 38.3 Å². The van der Waals surface area contributed by atoms with Crippen molar-refractivity contribution in [3.8, 4) is 0 Å². The maximum absolute atomic E-state index is 11.5. The lowest BCUT2D eigenvalue weighted by Crippen LogP contribution is -2.32. The number of hydrogen-bond donors (Lipinski definition) is 1. The molecule has 0 aliphatic heterocycles. The third-order valence-electron chi connectivity index (χ3n) is 3.13. The van der Waals surface area contributed by atoms with Crippen molar-refractivity contribution in [2.24, 2.45) is 0 Å². The molecule has 1 saturated carbocycles. The second-order valence-electron chi connectivity index (χ2n) is 4.51. The van der Waals surface area contributed by atoms with Crippen LogP contribution in [0.5, 0.6) is 0 Å². The van der Waals surface area contributed by atoms with Crippen LogP contribution in [-0.2, 0) is 16.1 Å². The van der Waals surface area contributed by atoms with Crippen LogP contribution in [0.3, 0.4) is 0 Å². The molecule has 0 heterocycles. The van der Waals surface area contributed by atoms with E-state index in [1.807, 2.05) is 30.3 Å². The number of ether oxygens (including phenoxy) is 1. The van der Waals surface area contributed by atoms with E-state index < -0.39 is 0 Å². The first-order valence-corrected chi connectivity index (χ1v) is 6.27. The van der Waals surface area contributed by atoms with Gasteiger partial charge in [0.2, 0.25) is 0 Å². The summed E-state index contributed by atoms with van der Waals surface area (Å²) in [7, 11) is 0. The Morgan fingerprint density at radius 3 is 2.65 bits per heavy atom. The van der Waals surface area contributed by atoms with Crippen LogP contribution >= 0.6 is 0 Å². The number of carbonyl (C=O) groups is 1. The molecule has 0 unspecified atom stereocenters. The lowest BCUT2D eigenvalue weighted by Gasteiger charge is -2.11. The van der Waals surface area contributed by atoms with Crippen molar-refractivity contribution in [1.82, 2.24) is 5.32 Å². The Morgan fingerprint density at radius 1 is 1.24 bits per heavy atom. The molecule has 3 heteroatoms. The van der Waals surface area contributed by atoms with Crippen LogP contribution in [0.15, 0.2) is 30.3 Å². The fourth-order valence-electron chi connectivity index (χ4n) is 2.15. The van der Waals surface area contributed by atoms with Crippen LogP contribution in [0.1, 0.15) is 31.2 Å². The fraction of sp³-hybridized carbons (Fsp3) is 0.500. The average molecular weight is 233 g/mol. The standard InChI is InChI=1S/C14H19NO2/c16-14(10-15-13-8-4-5-9-13)17-11-12-6-2-1-3-7-12/h1-3,6-7,13,15H,4-5,8-11H2. The van der Waals surface area contributed by atoms with Crippen molar-refractivity contribution in [3.05, 3.63) is 35.9 Å². The number of esters is 1. The van der Waals surface area contributed by atoms with Crippen LogP contribution in [0, 0.1) is 0 Å². The van der Waals surface area contributed by atoms with Crippen molar-refractivity contribution >= 4 is 5.97 Å². The molecule has 0 spiro atoms. The Morgan fingerprint density at radius 2 is 1.94 bits per heavy atom. The van der Waals surface area contributed by atoms with Crippen LogP contribution in [-0.4, -0.2) is 18.6 Å². The number of benzene rings is 1. The summed E-state index contributed by atoms with van der Waals surface area (Å²) in [5, 5.41) is 3.24. The zero-order valence-electron chi connectivity index (χ0n) is 10.0. The fourth-order valence-corrected chi connectivity index (χ4v) is 2.15. The van der Waals surface area contributed by atoms with Crippen molar-refractivity contribution in [2.75, 3.05) is 6.54 Å². The van der Waals surface area contributed by atoms with Gasteiger partial charge < -0.3 is 10.1 Å². The molecule has 0 radical (unpaired) electrons. The SMILES string of the molecule is O=C(CNC1CCCC1)OCc1ccccc1. The number of hydrogen-bond acceptors (Lipinski definition) is 3. The predicted octanol–water partition coefficient (Wildman–Crippen LogP) is 2.26. The first-order chi connectivity index (χ1) is 8.34. The van der Waals surface area contributed by atoms with E-state index in [2.05, 4.69) is 5.32 Å². The van der Waals surface area contributed by atoms with E-state index in [9.17, 15) is 4.79 Å². The van der Waals surface area contributed by atoms with E-state index in [4.69, 9.17) is 4.74 Å². The number of carbonyl (C=O) groups excluding carboxylic acids is 1. The Labute approximate surface area is 102 Å². The minimum absolute atomic E-state index is 0.166. The number of rotatable bonds is 5. The molecule has 1 aromatic carbocycles. The molecule has 0 atom stereocenters. The summed E-state index contributed by atoms with van der Waals surface area (Å²) in [5.74, 6) is -0.166. The van der Waals surface area contributed by atoms with Gasteiger partial charge >= 0.3 is 5.97 Å². The van der Waals surface area contributed by atoms with Gasteiger partial charge in [-0.25, -0.2) is 0 Å². The summed E-state index contributed by atoms with van der Waals surface area (Å²) in [5.41, 5.74) is 1.03. The maximum Gasteiger partial charge on any atom is 0.320 e. The van der Waals surface area contributed by atoms with Crippen LogP contribution in [0.25, 0.3) is 0 Å². The normalized spacial score (nSPS) is 16.0. The van der Waals surface area contributed by atoms with Crippen molar-refractivity contribution in [1.29, 1.82) is 0 Å². The van der Waals surface area contributed by atoms with Gasteiger partial charge in [-0.05, 0) is 18.4 Å². The highest BCUT2D eigenvalue weighted by Crippen LogP contribution is 2.17. The molecule has 1 aliphatic rings. The Balaban J connectivity index is 1.64. The summed E-state index contributed by atoms with van der Waals surface area (Å²) >= 11 is 0. The molecular weight excluding hydrogens is 214 g/mol. The van der Waals surface area contributed by atoms with E-state index in [-0.39, 0.29) is 5.97 Å². The van der Waals surface area contributed by atoms with E-state index in [0.717, 1.165) is 5.56 Å². The van der Waals surface area contributed by atoms with Gasteiger partial charge in [0, 0.05) is 6.04 Å². The molecule has 3 nitrogen and oxygen atoms in total. The molecule has 2 rings (SSSR count). The first kappa shape index (κ1) is 12.1. The molecule has 0 saturated heterocycles. The Hall–Kier alpha value is -1.35. The van der Waals surface area contributed by atoms with Crippen molar-refractivity contribution in [3.63, 3.8) is 0 Å². The number of nitrogens with one attached hydrogen (secondary N) is 1. The largest absolute Gasteiger partial charge is 0.460 e. The molecule has 1 aliphatic carbocycles. The van der Waals surface area contributed by atoms with E-state index in [1.54, 1.807) is 0 Å². The molecule has 92 valence electrons. The Bertz CT molecular complexity index is 344. The van der Waals surface area contributed by atoms with Gasteiger partial charge in [0.15, 0.2) is 0 Å². The molecule has 1 N–H and O–H groups in total. The molecule has 0 amide bonds. The van der Waals surface area contributed by atoms with Gasteiger partial charge in [-0.2, -0.15) is 0 Å². The van der Waals surface area contributed by atoms with Gasteiger partial charge in [0.05, 0.1) is 6.54 Å². The quantitative estimate of drug-likeness (QED) is 0.793. The van der Waals surface area contributed by atoms with Crippen molar-refractivity contribution in [2.45, 2.75) is 38.3 Å². The summed E-state index contributed by atoms with van der Waals surface area (Å²) in [6.07, 6.45) is 4.92. The van der Waals surface area contributed by atoms with E-state index in [1.165, 1.54) is 25.7 Å². The summed E-state index contributed by atoms with van der Waals surface area (Å²) < 4.78 is 5.19. The lowest BCUT2D eigenvalue weighted by molar-refractivity contribution is -0.144. The first-order valence-electron chi connectivity index (χ1n) is 6.27. The second kappa shape index (κ2) is 6.40. The van der Waals surface area contributed by atoms with Gasteiger partial charge in [0.1, 0.15) is 6.61 Å². The molecule has 1 fully saturated rings. The second-order valence-corrected chi connectivity index (χ2v) is 4.51. The van der Waals surface area contributed by atoms with E-state index in [0.29, 0.717) is 19.2 Å². The average Bonchev–Trinajstić information content (AvgIpc) is 2.88. The molecule has 1 aromatic rings. The third-order valence-corrected chi connectivity index (χ3v) is 3.13. The molecule has 0 bridgehead atoms. The minimum atomic E-state index is -0.166. The van der Waals surface area contributed by atoms with Crippen molar-refractivity contribution < 1.29 is 9.53 Å². The monoisotopic (exact) mass is 233 g/mol. The Kier molecular flexibility index (Phi) is 4.56. The minimum Gasteiger partial charge on any atom is -0.460 e. The highest BCUT2D eigenvalue weighted by atomic mass is 16.5. The van der Waals surface area contributed by atoms with Gasteiger partial charge in [0.25, 0.3) is 0 Å². The molecule has 0 aromatic heterocycles. The van der Waals surface area contributed by atoms with Gasteiger partial charge in [-0.15, -0.1) is 0 Å². The highest BCUT2D eigenvalue weighted by molar-refractivity contribution is 5.71. The van der Waals surface area contributed by atoms with Crippen LogP contribution < -0.4 is 5.32 Å². The highest BCUT2D eigenvalue weighted by Gasteiger charge is 2.15. The third kappa shape index (κ3) is 4.19. The van der Waals surface area contributed by atoms with Crippen LogP contribution in [0.2, 0.25) is 0 Å². The lowest BCUT2D eigenvalue weighted by atomic mass is 10.2. The summed E-state index contributed by atoms with van der Waals surface area (Å²) in [6, 6.07) is 10.3. The zero-order chi connectivity index (χ0) is 11.9.